The first-order valence-electron chi connectivity index (χ1n) is 19.7. The van der Waals surface area contributed by atoms with E-state index in [2.05, 4.69) is 26.6 Å². The first kappa shape index (κ1) is 45.3. The summed E-state index contributed by atoms with van der Waals surface area (Å²) >= 11 is 0. The van der Waals surface area contributed by atoms with Crippen molar-refractivity contribution in [2.45, 2.75) is 75.0 Å². The Kier molecular flexibility index (Phi) is 12.6. The van der Waals surface area contributed by atoms with Crippen LogP contribution in [0.5, 0.6) is 0 Å². The van der Waals surface area contributed by atoms with Gasteiger partial charge < -0.3 is 37.2 Å². The van der Waals surface area contributed by atoms with Crippen molar-refractivity contribution in [3.05, 3.63) is 76.9 Å². The quantitative estimate of drug-likeness (QED) is 0.0727. The minimum absolute atomic E-state index is 0.0226. The van der Waals surface area contributed by atoms with Gasteiger partial charge in [-0.05, 0) is 56.4 Å². The molecule has 0 aromatic heterocycles. The Balaban J connectivity index is 1.08. The van der Waals surface area contributed by atoms with Crippen LogP contribution in [0.1, 0.15) is 72.9 Å². The third-order valence-corrected chi connectivity index (χ3v) is 14.0. The normalized spacial score (nSPS) is 20.6. The van der Waals surface area contributed by atoms with Gasteiger partial charge in [0.15, 0.2) is 21.4 Å². The van der Waals surface area contributed by atoms with Gasteiger partial charge in [0.05, 0.1) is 33.2 Å². The molecule has 21 heteroatoms. The lowest BCUT2D eigenvalue weighted by molar-refractivity contribution is -0.146. The van der Waals surface area contributed by atoms with Crippen molar-refractivity contribution >= 4 is 78.1 Å². The Labute approximate surface area is 357 Å². The zero-order chi connectivity index (χ0) is 45.6. The zero-order valence-electron chi connectivity index (χ0n) is 34.3. The fourth-order valence-electron chi connectivity index (χ4n) is 8.04. The van der Waals surface area contributed by atoms with Gasteiger partial charge in [-0.15, -0.1) is 0 Å². The predicted molar refractivity (Wildman–Crippen MR) is 224 cm³/mol. The van der Waals surface area contributed by atoms with Gasteiger partial charge >= 0.3 is 0 Å². The number of nitrogens with two attached hydrogens (primary N) is 1. The van der Waals surface area contributed by atoms with E-state index >= 15 is 0 Å². The molecule has 19 nitrogen and oxygen atoms in total. The molecule has 0 radical (unpaired) electrons. The summed E-state index contributed by atoms with van der Waals surface area (Å²) in [7, 11) is -9.12. The van der Waals surface area contributed by atoms with Gasteiger partial charge in [-0.3, -0.25) is 38.1 Å². The van der Waals surface area contributed by atoms with Crippen molar-refractivity contribution in [3.63, 3.8) is 0 Å². The van der Waals surface area contributed by atoms with Gasteiger partial charge in [0, 0.05) is 35.8 Å². The number of hydrogen-bond donors (Lipinski definition) is 7. The minimum Gasteiger partial charge on any atom is -0.397 e. The molecular formula is C41H47N7O12S2. The first-order chi connectivity index (χ1) is 29.0. The highest BCUT2D eigenvalue weighted by Crippen LogP contribution is 2.40. The lowest BCUT2D eigenvalue weighted by Gasteiger charge is -2.40. The summed E-state index contributed by atoms with van der Waals surface area (Å²) in [5.74, 6) is -5.76. The van der Waals surface area contributed by atoms with Crippen LogP contribution in [-0.4, -0.2) is 110 Å². The van der Waals surface area contributed by atoms with Gasteiger partial charge in [0.2, 0.25) is 29.5 Å². The van der Waals surface area contributed by atoms with Crippen LogP contribution in [0.2, 0.25) is 0 Å². The third kappa shape index (κ3) is 8.77. The summed E-state index contributed by atoms with van der Waals surface area (Å²) in [5, 5.41) is 13.2. The van der Waals surface area contributed by atoms with E-state index in [-0.39, 0.29) is 63.8 Å². The highest BCUT2D eigenvalue weighted by molar-refractivity contribution is 7.91. The third-order valence-electron chi connectivity index (χ3n) is 11.4. The van der Waals surface area contributed by atoms with Crippen LogP contribution >= 0.6 is 0 Å². The largest absolute Gasteiger partial charge is 0.397 e. The molecule has 6 atom stereocenters. The number of rotatable bonds is 13. The van der Waals surface area contributed by atoms with Crippen molar-refractivity contribution < 1.29 is 55.0 Å². The number of hydrogen-bond acceptors (Lipinski definition) is 13. The number of fused-ring (bicyclic) bond motifs is 3. The van der Waals surface area contributed by atoms with Crippen molar-refractivity contribution in [2.75, 3.05) is 29.9 Å². The van der Waals surface area contributed by atoms with E-state index < -0.39 is 107 Å². The molecule has 62 heavy (non-hydrogen) atoms. The number of sulfone groups is 1. The Hall–Kier alpha value is -6.19. The topological polar surface area (TPSA) is 297 Å². The molecule has 3 aromatic carbocycles. The second kappa shape index (κ2) is 17.3. The lowest BCUT2D eigenvalue weighted by Crippen LogP contribution is -2.65. The van der Waals surface area contributed by atoms with Crippen molar-refractivity contribution in [3.8, 4) is 0 Å². The van der Waals surface area contributed by atoms with Crippen LogP contribution in [0.3, 0.4) is 0 Å². The molecule has 330 valence electrons. The number of carbonyl (C=O) groups excluding carboxylic acids is 7. The fourth-order valence-corrected chi connectivity index (χ4v) is 9.88. The maximum absolute atomic E-state index is 13.7. The van der Waals surface area contributed by atoms with Crippen LogP contribution in [-0.2, 0) is 43.9 Å². The van der Waals surface area contributed by atoms with E-state index in [9.17, 15) is 55.0 Å². The monoisotopic (exact) mass is 893 g/mol. The van der Waals surface area contributed by atoms with E-state index in [0.717, 1.165) is 6.07 Å². The summed E-state index contributed by atoms with van der Waals surface area (Å²) in [6.07, 6.45) is 0.442. The number of carbonyl (C=O) groups is 7. The molecule has 2 aliphatic heterocycles. The first-order valence-corrected chi connectivity index (χ1v) is 22.8. The van der Waals surface area contributed by atoms with Gasteiger partial charge in [-0.1, -0.05) is 51.1 Å². The zero-order valence-corrected chi connectivity index (χ0v) is 36.0. The standard InChI is InChI=1S/C41H47N7O12S2/c1-19(2)37(51)45-22(5)41(55)48-15-13-25-20(3)33(47-40(54)34(25)48)39(53)44-21(4)38(52)43-14-16-61(56,57)24-10-8-9-23(17-24)46-28-18-29(62(58,59)60)32(42)31-30(28)35(49)26-11-6-7-12-27(26)36(31)50/h6-12,17-22,25,33-34,46H,13-16,42H2,1-5H3,(H,43,52)(H,44,53)(H,45,51)(H,47,54)(H,58,59,60). The van der Waals surface area contributed by atoms with Crippen LogP contribution in [0.15, 0.2) is 64.4 Å². The smallest absolute Gasteiger partial charge is 0.296 e. The molecule has 3 aliphatic rings. The number of ketones is 2. The highest BCUT2D eigenvalue weighted by Gasteiger charge is 2.52. The van der Waals surface area contributed by atoms with Crippen molar-refractivity contribution in [1.82, 2.24) is 26.2 Å². The molecule has 1 aliphatic carbocycles. The summed E-state index contributed by atoms with van der Waals surface area (Å²) in [6, 6.07) is 8.08. The van der Waals surface area contributed by atoms with Crippen LogP contribution in [0.4, 0.5) is 17.1 Å². The average molecular weight is 894 g/mol. The van der Waals surface area contributed by atoms with E-state index in [1.807, 2.05) is 0 Å². The van der Waals surface area contributed by atoms with Gasteiger partial charge in [-0.2, -0.15) is 8.42 Å². The molecule has 0 bridgehead atoms. The number of amides is 5. The SMILES string of the molecule is CC(C)C(=O)NC(C)C(=O)N1CCC2C(C)C(C(=O)NC(C)C(=O)NCCS(=O)(=O)c3cccc(Nc4cc(S(=O)(=O)O)c(N)c5c4C(=O)c4ccccc4C5=O)c3)NC(=O)C21. The second-order valence-electron chi connectivity index (χ2n) is 15.9. The number of likely N-dealkylation sites (tertiary alicyclic amines) is 1. The molecule has 5 amide bonds. The lowest BCUT2D eigenvalue weighted by atomic mass is 9.78. The molecule has 0 spiro atoms. The van der Waals surface area contributed by atoms with Crippen LogP contribution < -0.4 is 32.3 Å². The number of benzene rings is 3. The summed E-state index contributed by atoms with van der Waals surface area (Å²) in [5.41, 5.74) is 4.50. The minimum atomic E-state index is -5.01. The summed E-state index contributed by atoms with van der Waals surface area (Å²) in [4.78, 5) is 92.6. The molecule has 8 N–H and O–H groups in total. The Morgan fingerprint density at radius 3 is 2.15 bits per heavy atom. The predicted octanol–water partition coefficient (Wildman–Crippen LogP) is 0.941. The number of nitrogens with one attached hydrogen (secondary N) is 5. The maximum Gasteiger partial charge on any atom is 0.296 e. The Bertz CT molecular complexity index is 2630. The number of piperidine rings is 1. The van der Waals surface area contributed by atoms with Gasteiger partial charge in [0.1, 0.15) is 29.1 Å². The van der Waals surface area contributed by atoms with Gasteiger partial charge in [-0.25, -0.2) is 8.42 Å². The van der Waals surface area contributed by atoms with Crippen molar-refractivity contribution in [2.24, 2.45) is 17.8 Å². The number of nitrogens with zero attached hydrogens (tertiary/aromatic N) is 1. The molecule has 0 saturated carbocycles. The Morgan fingerprint density at radius 1 is 0.871 bits per heavy atom. The summed E-state index contributed by atoms with van der Waals surface area (Å²) in [6.45, 7) is 7.97. The second-order valence-corrected chi connectivity index (χ2v) is 19.4. The van der Waals surface area contributed by atoms with E-state index in [1.54, 1.807) is 27.7 Å². The van der Waals surface area contributed by atoms with Crippen LogP contribution in [0, 0.1) is 17.8 Å². The molecule has 6 rings (SSSR count). The number of nitrogen functional groups attached to an aromatic ring is 1. The molecular weight excluding hydrogens is 847 g/mol. The molecule has 2 saturated heterocycles. The van der Waals surface area contributed by atoms with E-state index in [1.165, 1.54) is 60.4 Å². The van der Waals surface area contributed by atoms with E-state index in [0.29, 0.717) is 6.42 Å². The average Bonchev–Trinajstić information content (AvgIpc) is 3.67. The maximum atomic E-state index is 13.7. The Morgan fingerprint density at radius 2 is 1.52 bits per heavy atom. The molecule has 6 unspecified atom stereocenters. The highest BCUT2D eigenvalue weighted by atomic mass is 32.2. The van der Waals surface area contributed by atoms with Gasteiger partial charge in [0.25, 0.3) is 10.1 Å². The van der Waals surface area contributed by atoms with Crippen LogP contribution in [0.25, 0.3) is 0 Å². The molecule has 3 aromatic rings. The van der Waals surface area contributed by atoms with Crippen molar-refractivity contribution in [1.29, 1.82) is 0 Å². The molecule has 2 heterocycles. The number of anilines is 3. The molecule has 2 fully saturated rings. The van der Waals surface area contributed by atoms with E-state index in [4.69, 9.17) is 5.73 Å². The fraction of sp³-hybridized carbons (Fsp3) is 0.390. The summed E-state index contributed by atoms with van der Waals surface area (Å²) < 4.78 is 61.4.